The van der Waals surface area contributed by atoms with Gasteiger partial charge < -0.3 is 0 Å². The van der Waals surface area contributed by atoms with Crippen LogP contribution in [-0.4, -0.2) is 39.1 Å². The summed E-state index contributed by atoms with van der Waals surface area (Å²) in [4.78, 5) is 14.4. The van der Waals surface area contributed by atoms with Gasteiger partial charge in [-0.15, -0.1) is 0 Å². The molecule has 1 aromatic carbocycles. The highest BCUT2D eigenvalue weighted by Crippen LogP contribution is 2.35. The molecular formula is C16H23BrN2O2S. The van der Waals surface area contributed by atoms with E-state index in [1.807, 2.05) is 11.5 Å². The van der Waals surface area contributed by atoms with E-state index in [1.165, 1.54) is 11.1 Å². The summed E-state index contributed by atoms with van der Waals surface area (Å²) < 4.78 is 0.817. The highest BCUT2D eigenvalue weighted by Gasteiger charge is 2.41. The van der Waals surface area contributed by atoms with Crippen molar-refractivity contribution < 1.29 is 10.0 Å². The van der Waals surface area contributed by atoms with Crippen molar-refractivity contribution in [1.82, 2.24) is 10.4 Å². The number of hydroxylamine groups is 1. The molecule has 0 aliphatic carbocycles. The maximum Gasteiger partial charge on any atom is 0.262 e. The number of rotatable bonds is 3. The zero-order valence-corrected chi connectivity index (χ0v) is 15.6. The first-order valence-electron chi connectivity index (χ1n) is 7.42. The lowest BCUT2D eigenvalue weighted by Crippen LogP contribution is -2.55. The summed E-state index contributed by atoms with van der Waals surface area (Å²) in [5.74, 6) is 0.701. The van der Waals surface area contributed by atoms with Gasteiger partial charge in [-0.2, -0.15) is 11.8 Å². The SMILES string of the molecule is Cc1cc(Br)ccc1CN1CCCSC(C)(C)[C@@H]1C(=O)NO. The van der Waals surface area contributed by atoms with Crippen LogP contribution in [0.3, 0.4) is 0 Å². The zero-order valence-electron chi connectivity index (χ0n) is 13.2. The molecule has 6 heteroatoms. The molecule has 22 heavy (non-hydrogen) atoms. The van der Waals surface area contributed by atoms with E-state index in [1.54, 1.807) is 11.8 Å². The minimum Gasteiger partial charge on any atom is -0.289 e. The molecule has 0 aromatic heterocycles. The first-order chi connectivity index (χ1) is 10.3. The Bertz CT molecular complexity index is 551. The van der Waals surface area contributed by atoms with E-state index in [2.05, 4.69) is 53.7 Å². The number of nitrogens with zero attached hydrogens (tertiary/aromatic N) is 1. The van der Waals surface area contributed by atoms with Crippen molar-refractivity contribution in [3.63, 3.8) is 0 Å². The second-order valence-corrected chi connectivity index (χ2v) is 8.89. The fourth-order valence-corrected chi connectivity index (χ4v) is 4.71. The number of benzene rings is 1. The third-order valence-electron chi connectivity index (χ3n) is 4.12. The average Bonchev–Trinajstić information content (AvgIpc) is 2.59. The van der Waals surface area contributed by atoms with Gasteiger partial charge in [-0.1, -0.05) is 22.0 Å². The molecule has 4 nitrogen and oxygen atoms in total. The minimum atomic E-state index is -0.354. The van der Waals surface area contributed by atoms with Gasteiger partial charge in [0, 0.05) is 22.3 Å². The first kappa shape index (κ1) is 17.8. The number of carbonyl (C=O) groups excluding carboxylic acids is 1. The number of thioether (sulfide) groups is 1. The van der Waals surface area contributed by atoms with Crippen molar-refractivity contribution in [2.24, 2.45) is 0 Å². The fourth-order valence-electron chi connectivity index (χ4n) is 3.02. The molecule has 0 radical (unpaired) electrons. The lowest BCUT2D eigenvalue weighted by Gasteiger charge is -2.38. The summed E-state index contributed by atoms with van der Waals surface area (Å²) in [6.45, 7) is 7.79. The molecule has 1 heterocycles. The number of amides is 1. The number of hydrogen-bond acceptors (Lipinski definition) is 4. The summed E-state index contributed by atoms with van der Waals surface area (Å²) >= 11 is 5.28. The molecule has 2 rings (SSSR count). The molecule has 1 saturated heterocycles. The Hall–Kier alpha value is -0.560. The van der Waals surface area contributed by atoms with E-state index in [9.17, 15) is 4.79 Å². The molecule has 1 aliphatic heterocycles. The molecule has 2 N–H and O–H groups in total. The average molecular weight is 387 g/mol. The predicted octanol–water partition coefficient (Wildman–Crippen LogP) is 3.35. The van der Waals surface area contributed by atoms with Crippen LogP contribution in [0.1, 0.15) is 31.4 Å². The number of halogens is 1. The van der Waals surface area contributed by atoms with Crippen LogP contribution in [0.2, 0.25) is 0 Å². The second-order valence-electron chi connectivity index (χ2n) is 6.23. The fraction of sp³-hybridized carbons (Fsp3) is 0.562. The quantitative estimate of drug-likeness (QED) is 0.617. The van der Waals surface area contributed by atoms with Crippen molar-refractivity contribution in [2.45, 2.75) is 44.5 Å². The van der Waals surface area contributed by atoms with Crippen LogP contribution < -0.4 is 5.48 Å². The zero-order chi connectivity index (χ0) is 16.3. The number of nitrogens with one attached hydrogen (secondary N) is 1. The van der Waals surface area contributed by atoms with Crippen LogP contribution >= 0.6 is 27.7 Å². The van der Waals surface area contributed by atoms with Gasteiger partial charge in [0.1, 0.15) is 6.04 Å². The van der Waals surface area contributed by atoms with Crippen LogP contribution in [0.15, 0.2) is 22.7 Å². The Morgan fingerprint density at radius 1 is 1.55 bits per heavy atom. The number of carbonyl (C=O) groups is 1. The molecule has 1 fully saturated rings. The molecule has 1 atom stereocenters. The van der Waals surface area contributed by atoms with Gasteiger partial charge in [0.25, 0.3) is 5.91 Å². The highest BCUT2D eigenvalue weighted by atomic mass is 79.9. The first-order valence-corrected chi connectivity index (χ1v) is 9.20. The summed E-state index contributed by atoms with van der Waals surface area (Å²) in [6, 6.07) is 5.86. The van der Waals surface area contributed by atoms with E-state index in [0.29, 0.717) is 6.54 Å². The lowest BCUT2D eigenvalue weighted by atomic mass is 9.98. The van der Waals surface area contributed by atoms with Gasteiger partial charge in [0.2, 0.25) is 0 Å². The van der Waals surface area contributed by atoms with E-state index in [4.69, 9.17) is 5.21 Å². The Morgan fingerprint density at radius 2 is 2.27 bits per heavy atom. The van der Waals surface area contributed by atoms with Crippen molar-refractivity contribution in [2.75, 3.05) is 12.3 Å². The Morgan fingerprint density at radius 3 is 2.91 bits per heavy atom. The van der Waals surface area contributed by atoms with Gasteiger partial charge in [-0.25, -0.2) is 5.48 Å². The van der Waals surface area contributed by atoms with Crippen LogP contribution in [0.4, 0.5) is 0 Å². The molecule has 0 unspecified atom stereocenters. The maximum atomic E-state index is 12.3. The van der Waals surface area contributed by atoms with Crippen LogP contribution in [0.5, 0.6) is 0 Å². The maximum absolute atomic E-state index is 12.3. The number of hydrogen-bond donors (Lipinski definition) is 2. The van der Waals surface area contributed by atoms with Crippen LogP contribution in [-0.2, 0) is 11.3 Å². The molecule has 0 spiro atoms. The molecule has 1 amide bonds. The number of aryl methyl sites for hydroxylation is 1. The van der Waals surface area contributed by atoms with Crippen molar-refractivity contribution in [3.8, 4) is 0 Å². The third kappa shape index (κ3) is 4.04. The third-order valence-corrected chi connectivity index (χ3v) is 6.08. The molecule has 1 aromatic rings. The standard InChI is InChI=1S/C16H23BrN2O2S/c1-11-9-13(17)6-5-12(11)10-19-7-4-8-22-16(2,3)14(19)15(20)18-21/h5-6,9,14,21H,4,7-8,10H2,1-3H3,(H,18,20)/t14-/m0/s1. The molecule has 1 aliphatic rings. The van der Waals surface area contributed by atoms with Crippen LogP contribution in [0.25, 0.3) is 0 Å². The minimum absolute atomic E-state index is 0.243. The smallest absolute Gasteiger partial charge is 0.262 e. The molecular weight excluding hydrogens is 364 g/mol. The summed E-state index contributed by atoms with van der Waals surface area (Å²) in [5.41, 5.74) is 4.27. The van der Waals surface area contributed by atoms with Gasteiger partial charge >= 0.3 is 0 Å². The lowest BCUT2D eigenvalue weighted by molar-refractivity contribution is -0.136. The van der Waals surface area contributed by atoms with Gasteiger partial charge in [0.05, 0.1) is 0 Å². The van der Waals surface area contributed by atoms with Crippen molar-refractivity contribution in [1.29, 1.82) is 0 Å². The Labute approximate surface area is 144 Å². The van der Waals surface area contributed by atoms with Gasteiger partial charge in [-0.3, -0.25) is 14.9 Å². The normalized spacial score (nSPS) is 22.1. The van der Waals surface area contributed by atoms with Gasteiger partial charge in [-0.05, 0) is 56.2 Å². The van der Waals surface area contributed by atoms with E-state index >= 15 is 0 Å². The second kappa shape index (κ2) is 7.34. The van der Waals surface area contributed by atoms with Gasteiger partial charge in [0.15, 0.2) is 0 Å². The largest absolute Gasteiger partial charge is 0.289 e. The Balaban J connectivity index is 2.30. The molecule has 0 saturated carbocycles. The van der Waals surface area contributed by atoms with Crippen LogP contribution in [0, 0.1) is 6.92 Å². The predicted molar refractivity (Wildman–Crippen MR) is 94.2 cm³/mol. The summed E-state index contributed by atoms with van der Waals surface area (Å²) in [6.07, 6.45) is 1.04. The Kier molecular flexibility index (Phi) is 5.94. The monoisotopic (exact) mass is 386 g/mol. The topological polar surface area (TPSA) is 52.6 Å². The van der Waals surface area contributed by atoms with E-state index < -0.39 is 0 Å². The highest BCUT2D eigenvalue weighted by molar-refractivity contribution is 9.10. The summed E-state index contributed by atoms with van der Waals surface area (Å²) in [7, 11) is 0. The van der Waals surface area contributed by atoms with E-state index in [0.717, 1.165) is 23.2 Å². The summed E-state index contributed by atoms with van der Waals surface area (Å²) in [5, 5.41) is 9.14. The molecule has 122 valence electrons. The molecule has 0 bridgehead atoms. The van der Waals surface area contributed by atoms with Crippen molar-refractivity contribution >= 4 is 33.6 Å². The van der Waals surface area contributed by atoms with Crippen molar-refractivity contribution in [3.05, 3.63) is 33.8 Å². The van der Waals surface area contributed by atoms with E-state index in [-0.39, 0.29) is 16.7 Å².